The second-order valence-corrected chi connectivity index (χ2v) is 4.82. The zero-order chi connectivity index (χ0) is 11.0. The quantitative estimate of drug-likeness (QED) is 0.678. The Kier molecular flexibility index (Phi) is 7.99. The monoisotopic (exact) mass is 218 g/mol. The van der Waals surface area contributed by atoms with Gasteiger partial charge in [-0.15, -0.1) is 0 Å². The summed E-state index contributed by atoms with van der Waals surface area (Å²) in [4.78, 5) is 11.4. The van der Waals surface area contributed by atoms with Crippen LogP contribution in [0.4, 0.5) is 0 Å². The van der Waals surface area contributed by atoms with Gasteiger partial charge in [-0.3, -0.25) is 4.79 Å². The predicted molar refractivity (Wildman–Crippen MR) is 63.5 cm³/mol. The predicted octanol–water partition coefficient (Wildman–Crippen LogP) is 1.37. The van der Waals surface area contributed by atoms with Crippen LogP contribution >= 0.6 is 11.8 Å². The van der Waals surface area contributed by atoms with Crippen molar-refractivity contribution in [3.63, 3.8) is 0 Å². The summed E-state index contributed by atoms with van der Waals surface area (Å²) in [5, 5.41) is 2.94. The number of thioether (sulfide) groups is 1. The summed E-state index contributed by atoms with van der Waals surface area (Å²) in [6.07, 6.45) is 1.29. The minimum Gasteiger partial charge on any atom is -0.353 e. The van der Waals surface area contributed by atoms with Gasteiger partial charge in [0.2, 0.25) is 5.91 Å². The van der Waals surface area contributed by atoms with Gasteiger partial charge in [-0.05, 0) is 19.1 Å². The van der Waals surface area contributed by atoms with Crippen molar-refractivity contribution in [2.24, 2.45) is 5.73 Å². The van der Waals surface area contributed by atoms with E-state index in [1.165, 1.54) is 0 Å². The zero-order valence-electron chi connectivity index (χ0n) is 9.38. The Morgan fingerprint density at radius 3 is 2.64 bits per heavy atom. The number of carbonyl (C=O) groups is 1. The van der Waals surface area contributed by atoms with E-state index in [0.717, 1.165) is 17.9 Å². The summed E-state index contributed by atoms with van der Waals surface area (Å²) in [6, 6.07) is 0.248. The molecule has 0 fully saturated rings. The Labute approximate surface area is 91.2 Å². The molecule has 0 radical (unpaired) electrons. The average Bonchev–Trinajstić information content (AvgIpc) is 2.14. The highest BCUT2D eigenvalue weighted by Gasteiger charge is 2.10. The number of hydrogen-bond donors (Lipinski definition) is 2. The first-order valence-corrected chi connectivity index (χ1v) is 6.38. The van der Waals surface area contributed by atoms with E-state index in [2.05, 4.69) is 12.2 Å². The van der Waals surface area contributed by atoms with Crippen molar-refractivity contribution in [3.05, 3.63) is 0 Å². The van der Waals surface area contributed by atoms with Crippen molar-refractivity contribution in [2.45, 2.75) is 45.7 Å². The van der Waals surface area contributed by atoms with E-state index in [4.69, 9.17) is 5.73 Å². The maximum atomic E-state index is 11.4. The van der Waals surface area contributed by atoms with Gasteiger partial charge in [0.15, 0.2) is 0 Å². The number of rotatable bonds is 7. The molecule has 0 bridgehead atoms. The minimum atomic E-state index is 0.000952. The fourth-order valence-corrected chi connectivity index (χ4v) is 1.73. The average molecular weight is 218 g/mol. The van der Waals surface area contributed by atoms with Crippen molar-refractivity contribution in [2.75, 3.05) is 11.5 Å². The van der Waals surface area contributed by atoms with Crippen molar-refractivity contribution >= 4 is 17.7 Å². The van der Waals surface area contributed by atoms with Gasteiger partial charge in [-0.25, -0.2) is 0 Å². The van der Waals surface area contributed by atoms with Crippen LogP contribution in [-0.2, 0) is 4.79 Å². The van der Waals surface area contributed by atoms with Crippen LogP contribution in [0, 0.1) is 0 Å². The second-order valence-electron chi connectivity index (χ2n) is 3.50. The summed E-state index contributed by atoms with van der Waals surface area (Å²) in [7, 11) is 0. The molecular weight excluding hydrogens is 196 g/mol. The summed E-state index contributed by atoms with van der Waals surface area (Å²) in [5.74, 6) is 2.14. The van der Waals surface area contributed by atoms with E-state index < -0.39 is 0 Å². The number of hydrogen-bond acceptors (Lipinski definition) is 3. The van der Waals surface area contributed by atoms with Crippen LogP contribution in [-0.4, -0.2) is 29.5 Å². The normalized spacial score (nSPS) is 14.9. The molecule has 0 aromatic heterocycles. The molecule has 0 aliphatic heterocycles. The molecule has 0 rings (SSSR count). The Bertz CT molecular complexity index is 164. The highest BCUT2D eigenvalue weighted by molar-refractivity contribution is 7.99. The van der Waals surface area contributed by atoms with Gasteiger partial charge in [-0.2, -0.15) is 11.8 Å². The van der Waals surface area contributed by atoms with E-state index in [0.29, 0.717) is 6.42 Å². The Morgan fingerprint density at radius 1 is 1.50 bits per heavy atom. The van der Waals surface area contributed by atoms with Gasteiger partial charge in [0, 0.05) is 24.3 Å². The molecule has 84 valence electrons. The lowest BCUT2D eigenvalue weighted by atomic mass is 10.1. The molecule has 3 N–H and O–H groups in total. The summed E-state index contributed by atoms with van der Waals surface area (Å²) < 4.78 is 0. The van der Waals surface area contributed by atoms with E-state index in [1.54, 1.807) is 0 Å². The fraction of sp³-hybridized carbons (Fsp3) is 0.900. The smallest absolute Gasteiger partial charge is 0.221 e. The van der Waals surface area contributed by atoms with Gasteiger partial charge < -0.3 is 11.1 Å². The number of amides is 1. The highest BCUT2D eigenvalue weighted by atomic mass is 32.2. The number of nitrogens with two attached hydrogens (primary N) is 1. The second kappa shape index (κ2) is 8.12. The van der Waals surface area contributed by atoms with E-state index in [-0.39, 0.29) is 18.0 Å². The topological polar surface area (TPSA) is 55.1 Å². The molecule has 0 saturated heterocycles. The molecule has 0 heterocycles. The fourth-order valence-electron chi connectivity index (χ4n) is 1.05. The third-order valence-corrected chi connectivity index (χ3v) is 3.10. The molecule has 2 unspecified atom stereocenters. The first kappa shape index (κ1) is 13.8. The first-order chi connectivity index (χ1) is 6.60. The Morgan fingerprint density at radius 2 is 2.14 bits per heavy atom. The largest absolute Gasteiger partial charge is 0.353 e. The third-order valence-electron chi connectivity index (χ3n) is 1.95. The van der Waals surface area contributed by atoms with Crippen molar-refractivity contribution < 1.29 is 4.79 Å². The van der Waals surface area contributed by atoms with Crippen LogP contribution in [0.1, 0.15) is 33.6 Å². The third kappa shape index (κ3) is 7.21. The van der Waals surface area contributed by atoms with E-state index in [9.17, 15) is 4.79 Å². The lowest BCUT2D eigenvalue weighted by Crippen LogP contribution is -2.37. The van der Waals surface area contributed by atoms with Crippen LogP contribution in [0.5, 0.6) is 0 Å². The van der Waals surface area contributed by atoms with Crippen LogP contribution < -0.4 is 11.1 Å². The molecule has 0 spiro atoms. The molecule has 1 amide bonds. The van der Waals surface area contributed by atoms with Crippen LogP contribution in [0.15, 0.2) is 0 Å². The first-order valence-electron chi connectivity index (χ1n) is 5.22. The molecule has 0 aliphatic carbocycles. The van der Waals surface area contributed by atoms with Crippen molar-refractivity contribution in [1.82, 2.24) is 5.32 Å². The Balaban J connectivity index is 3.60. The van der Waals surface area contributed by atoms with Crippen LogP contribution in [0.2, 0.25) is 0 Å². The van der Waals surface area contributed by atoms with Crippen molar-refractivity contribution in [1.29, 1.82) is 0 Å². The van der Waals surface area contributed by atoms with E-state index >= 15 is 0 Å². The summed E-state index contributed by atoms with van der Waals surface area (Å²) in [5.41, 5.74) is 5.68. The minimum absolute atomic E-state index is 0.000952. The zero-order valence-corrected chi connectivity index (χ0v) is 10.2. The SMILES string of the molecule is CCSCC(C)NC(=O)CC(N)CC. The van der Waals surface area contributed by atoms with Crippen molar-refractivity contribution in [3.8, 4) is 0 Å². The summed E-state index contributed by atoms with van der Waals surface area (Å²) >= 11 is 1.84. The molecule has 0 saturated carbocycles. The Hall–Kier alpha value is -0.220. The standard InChI is InChI=1S/C10H22N2OS/c1-4-9(11)6-10(13)12-8(3)7-14-5-2/h8-9H,4-7,11H2,1-3H3,(H,12,13). The van der Waals surface area contributed by atoms with Gasteiger partial charge >= 0.3 is 0 Å². The maximum Gasteiger partial charge on any atom is 0.221 e. The number of nitrogens with one attached hydrogen (secondary N) is 1. The summed E-state index contributed by atoms with van der Waals surface area (Å²) in [6.45, 7) is 6.14. The molecule has 0 aromatic carbocycles. The number of carbonyl (C=O) groups excluding carboxylic acids is 1. The molecule has 2 atom stereocenters. The lowest BCUT2D eigenvalue weighted by Gasteiger charge is -2.14. The van der Waals surface area contributed by atoms with E-state index in [1.807, 2.05) is 25.6 Å². The molecular formula is C10H22N2OS. The van der Waals surface area contributed by atoms with Gasteiger partial charge in [0.25, 0.3) is 0 Å². The van der Waals surface area contributed by atoms with Gasteiger partial charge in [0.1, 0.15) is 0 Å². The molecule has 0 aliphatic rings. The molecule has 4 heteroatoms. The van der Waals surface area contributed by atoms with Gasteiger partial charge in [-0.1, -0.05) is 13.8 Å². The molecule has 14 heavy (non-hydrogen) atoms. The lowest BCUT2D eigenvalue weighted by molar-refractivity contribution is -0.121. The van der Waals surface area contributed by atoms with Gasteiger partial charge in [0.05, 0.1) is 0 Å². The molecule has 0 aromatic rings. The molecule has 3 nitrogen and oxygen atoms in total. The maximum absolute atomic E-state index is 11.4. The van der Waals surface area contributed by atoms with Crippen LogP contribution in [0.25, 0.3) is 0 Å². The van der Waals surface area contributed by atoms with Crippen LogP contribution in [0.3, 0.4) is 0 Å². The highest BCUT2D eigenvalue weighted by Crippen LogP contribution is 2.02.